The molecule has 9 nitrogen and oxygen atoms in total. The lowest BCUT2D eigenvalue weighted by Gasteiger charge is -2.32. The molecule has 4 heterocycles. The van der Waals surface area contributed by atoms with Gasteiger partial charge in [-0.2, -0.15) is 27.8 Å². The van der Waals surface area contributed by atoms with E-state index in [2.05, 4.69) is 30.3 Å². The van der Waals surface area contributed by atoms with E-state index in [9.17, 15) is 18.0 Å². The third-order valence-corrected chi connectivity index (χ3v) is 5.16. The number of aromatic nitrogens is 5. The van der Waals surface area contributed by atoms with Gasteiger partial charge in [-0.15, -0.1) is 11.3 Å². The van der Waals surface area contributed by atoms with Crippen LogP contribution in [0.5, 0.6) is 0 Å². The number of nitrogens with one attached hydrogen (secondary N) is 1. The quantitative estimate of drug-likeness (QED) is 0.681. The van der Waals surface area contributed by atoms with E-state index >= 15 is 0 Å². The average molecular weight is 427 g/mol. The third-order valence-electron chi connectivity index (χ3n) is 4.27. The highest BCUT2D eigenvalue weighted by Gasteiger charge is 2.35. The highest BCUT2D eigenvalue weighted by atomic mass is 32.1. The molecule has 0 spiro atoms. The van der Waals surface area contributed by atoms with Crippen LogP contribution in [0.4, 0.5) is 18.3 Å². The van der Waals surface area contributed by atoms with Crippen molar-refractivity contribution in [3.63, 3.8) is 0 Å². The number of carbonyl (C=O) groups excluding carboxylic acids is 1. The molecule has 4 rings (SSSR count). The van der Waals surface area contributed by atoms with Crippen molar-refractivity contribution in [3.8, 4) is 0 Å². The molecule has 1 atom stereocenters. The molecule has 0 aliphatic carbocycles. The Labute approximate surface area is 166 Å². The van der Waals surface area contributed by atoms with Crippen LogP contribution in [0, 0.1) is 0 Å². The Morgan fingerprint density at radius 2 is 2.24 bits per heavy atom. The molecule has 0 saturated carbocycles. The zero-order valence-corrected chi connectivity index (χ0v) is 16.0. The summed E-state index contributed by atoms with van der Waals surface area (Å²) in [6, 6.07) is 0.956. The Bertz CT molecular complexity index is 1040. The maximum absolute atomic E-state index is 13.2. The van der Waals surface area contributed by atoms with Gasteiger partial charge in [0.15, 0.2) is 5.13 Å². The molecule has 0 aromatic carbocycles. The number of anilines is 1. The SMILES string of the molecule is CC(=O)Nc1ncc(CN2CCOC(c3cc(C(F)(F)F)nc4ncnn34)C2)s1. The number of ether oxygens (including phenoxy) is 1. The summed E-state index contributed by atoms with van der Waals surface area (Å²) in [5, 5.41) is 7.12. The second-order valence-electron chi connectivity index (χ2n) is 6.44. The summed E-state index contributed by atoms with van der Waals surface area (Å²) < 4.78 is 46.7. The first-order valence-electron chi connectivity index (χ1n) is 8.64. The summed E-state index contributed by atoms with van der Waals surface area (Å²) in [5.74, 6) is -0.328. The number of morpholine rings is 1. The first-order chi connectivity index (χ1) is 13.8. The van der Waals surface area contributed by atoms with E-state index in [1.807, 2.05) is 0 Å². The number of fused-ring (bicyclic) bond motifs is 1. The van der Waals surface area contributed by atoms with Gasteiger partial charge < -0.3 is 10.1 Å². The molecular formula is C16H16F3N7O2S. The summed E-state index contributed by atoms with van der Waals surface area (Å²) >= 11 is 1.35. The van der Waals surface area contributed by atoms with Crippen molar-refractivity contribution >= 4 is 28.2 Å². The van der Waals surface area contributed by atoms with Crippen molar-refractivity contribution in [2.45, 2.75) is 25.7 Å². The second-order valence-corrected chi connectivity index (χ2v) is 7.56. The molecule has 1 saturated heterocycles. The molecule has 0 radical (unpaired) electrons. The largest absolute Gasteiger partial charge is 0.433 e. The van der Waals surface area contributed by atoms with Gasteiger partial charge in [0.1, 0.15) is 18.1 Å². The van der Waals surface area contributed by atoms with Crippen molar-refractivity contribution in [3.05, 3.63) is 34.9 Å². The highest BCUT2D eigenvalue weighted by molar-refractivity contribution is 7.15. The lowest BCUT2D eigenvalue weighted by molar-refractivity contribution is -0.141. The molecule has 1 fully saturated rings. The molecule has 1 amide bonds. The average Bonchev–Trinajstić information content (AvgIpc) is 3.29. The van der Waals surface area contributed by atoms with Crippen LogP contribution in [0.2, 0.25) is 0 Å². The minimum atomic E-state index is -4.60. The van der Waals surface area contributed by atoms with Gasteiger partial charge >= 0.3 is 6.18 Å². The first-order valence-corrected chi connectivity index (χ1v) is 9.45. The van der Waals surface area contributed by atoms with Gasteiger partial charge in [0.25, 0.3) is 5.78 Å². The van der Waals surface area contributed by atoms with Crippen molar-refractivity contribution in [1.82, 2.24) is 29.5 Å². The van der Waals surface area contributed by atoms with Crippen molar-refractivity contribution in [2.75, 3.05) is 25.0 Å². The smallest absolute Gasteiger partial charge is 0.369 e. The number of hydrogen-bond acceptors (Lipinski definition) is 8. The van der Waals surface area contributed by atoms with Crippen LogP contribution in [-0.4, -0.2) is 55.1 Å². The van der Waals surface area contributed by atoms with Crippen molar-refractivity contribution in [1.29, 1.82) is 0 Å². The van der Waals surface area contributed by atoms with Gasteiger partial charge in [-0.1, -0.05) is 0 Å². The molecule has 0 bridgehead atoms. The summed E-state index contributed by atoms with van der Waals surface area (Å²) in [5.41, 5.74) is -0.788. The first kappa shape index (κ1) is 19.7. The normalized spacial score (nSPS) is 18.3. The molecule has 13 heteroatoms. The van der Waals surface area contributed by atoms with Gasteiger partial charge in [-0.25, -0.2) is 9.97 Å². The fourth-order valence-corrected chi connectivity index (χ4v) is 3.95. The maximum atomic E-state index is 13.2. The lowest BCUT2D eigenvalue weighted by atomic mass is 10.1. The molecule has 3 aromatic heterocycles. The maximum Gasteiger partial charge on any atom is 0.433 e. The van der Waals surface area contributed by atoms with Crippen LogP contribution in [0.1, 0.15) is 29.3 Å². The van der Waals surface area contributed by atoms with E-state index in [1.54, 1.807) is 6.20 Å². The zero-order chi connectivity index (χ0) is 20.6. The lowest BCUT2D eigenvalue weighted by Crippen LogP contribution is -2.38. The number of halogens is 3. The second kappa shape index (κ2) is 7.65. The van der Waals surface area contributed by atoms with Gasteiger partial charge in [0, 0.05) is 37.6 Å². The van der Waals surface area contributed by atoms with Crippen LogP contribution in [0.15, 0.2) is 18.6 Å². The molecule has 29 heavy (non-hydrogen) atoms. The van der Waals surface area contributed by atoms with Crippen molar-refractivity contribution < 1.29 is 22.7 Å². The monoisotopic (exact) mass is 427 g/mol. The Balaban J connectivity index is 1.55. The summed E-state index contributed by atoms with van der Waals surface area (Å²) in [6.07, 6.45) is -2.39. The Morgan fingerprint density at radius 1 is 1.41 bits per heavy atom. The predicted molar refractivity (Wildman–Crippen MR) is 96.2 cm³/mol. The zero-order valence-electron chi connectivity index (χ0n) is 15.2. The fraction of sp³-hybridized carbons (Fsp3) is 0.438. The standard InChI is InChI=1S/C16H16F3N7O2S/c1-9(27)23-15-20-5-10(29-15)6-25-2-3-28-12(7-25)11-4-13(16(17,18)19)24-14-21-8-22-26(11)14/h4-5,8,12H,2-3,6-7H2,1H3,(H,20,23,27). The topological polar surface area (TPSA) is 97.5 Å². The van der Waals surface area contributed by atoms with Gasteiger partial charge in [-0.3, -0.25) is 9.69 Å². The van der Waals surface area contributed by atoms with Gasteiger partial charge in [0.05, 0.1) is 12.3 Å². The molecule has 1 N–H and O–H groups in total. The minimum absolute atomic E-state index is 0.127. The van der Waals surface area contributed by atoms with E-state index in [0.29, 0.717) is 31.4 Å². The van der Waals surface area contributed by atoms with Crippen molar-refractivity contribution in [2.24, 2.45) is 0 Å². The molecule has 3 aromatic rings. The van der Waals surface area contributed by atoms with Gasteiger partial charge in [-0.05, 0) is 6.07 Å². The van der Waals surface area contributed by atoms with E-state index in [-0.39, 0.29) is 17.4 Å². The van der Waals surface area contributed by atoms with E-state index < -0.39 is 18.0 Å². The molecule has 1 unspecified atom stereocenters. The fourth-order valence-electron chi connectivity index (χ4n) is 3.04. The minimum Gasteiger partial charge on any atom is -0.369 e. The van der Waals surface area contributed by atoms with Crippen LogP contribution in [-0.2, 0) is 22.3 Å². The molecule has 154 valence electrons. The number of rotatable bonds is 4. The van der Waals surface area contributed by atoms with Crippen LogP contribution in [0.25, 0.3) is 5.78 Å². The summed E-state index contributed by atoms with van der Waals surface area (Å²) in [6.45, 7) is 3.27. The highest BCUT2D eigenvalue weighted by Crippen LogP contribution is 2.32. The number of alkyl halides is 3. The van der Waals surface area contributed by atoms with E-state index in [1.165, 1.54) is 22.8 Å². The Kier molecular flexibility index (Phi) is 5.19. The predicted octanol–water partition coefficient (Wildman–Crippen LogP) is 2.13. The summed E-state index contributed by atoms with van der Waals surface area (Å²) in [7, 11) is 0. The number of hydrogen-bond donors (Lipinski definition) is 1. The van der Waals surface area contributed by atoms with Gasteiger partial charge in [0.2, 0.25) is 5.91 Å². The van der Waals surface area contributed by atoms with E-state index in [4.69, 9.17) is 4.74 Å². The van der Waals surface area contributed by atoms with E-state index in [0.717, 1.165) is 17.3 Å². The molecular weight excluding hydrogens is 411 g/mol. The Hall–Kier alpha value is -2.64. The van der Waals surface area contributed by atoms with Crippen LogP contribution < -0.4 is 5.32 Å². The van der Waals surface area contributed by atoms with Crippen LogP contribution >= 0.6 is 11.3 Å². The Morgan fingerprint density at radius 3 is 3.00 bits per heavy atom. The number of amides is 1. The number of thiazole rings is 1. The molecule has 1 aliphatic rings. The molecule has 1 aliphatic heterocycles. The third kappa shape index (κ3) is 4.36. The number of nitrogens with zero attached hydrogens (tertiary/aromatic N) is 6. The van der Waals surface area contributed by atoms with Crippen LogP contribution in [0.3, 0.4) is 0 Å². The number of carbonyl (C=O) groups is 1. The summed E-state index contributed by atoms with van der Waals surface area (Å²) in [4.78, 5) is 25.6.